The molecule has 0 bridgehead atoms. The van der Waals surface area contributed by atoms with Crippen LogP contribution in [0, 0.1) is 18.3 Å². The number of nitriles is 1. The fourth-order valence-corrected chi connectivity index (χ4v) is 3.55. The van der Waals surface area contributed by atoms with Crippen molar-refractivity contribution < 1.29 is 19.1 Å². The first kappa shape index (κ1) is 24.6. The van der Waals surface area contributed by atoms with Crippen molar-refractivity contribution in [1.29, 1.82) is 5.26 Å². The van der Waals surface area contributed by atoms with Crippen LogP contribution in [0.5, 0.6) is 11.5 Å². The number of hydrogen-bond acceptors (Lipinski definition) is 5. The van der Waals surface area contributed by atoms with Crippen molar-refractivity contribution in [2.75, 3.05) is 24.4 Å². The summed E-state index contributed by atoms with van der Waals surface area (Å²) in [5.41, 5.74) is 2.73. The molecule has 8 heteroatoms. The SMILES string of the molecule is COc1ccccc1NC(=O)COc1ccc(/C=C(\C#N)C(=O)Nc2cccc(C)c2)cc1Br. The Hall–Kier alpha value is -4.09. The monoisotopic (exact) mass is 519 g/mol. The molecule has 3 aromatic rings. The Balaban J connectivity index is 1.64. The number of benzene rings is 3. The average molecular weight is 520 g/mol. The molecule has 7 nitrogen and oxygen atoms in total. The van der Waals surface area contributed by atoms with Crippen molar-refractivity contribution in [2.24, 2.45) is 0 Å². The third-order valence-corrected chi connectivity index (χ3v) is 5.27. The lowest BCUT2D eigenvalue weighted by molar-refractivity contribution is -0.118. The van der Waals surface area contributed by atoms with Gasteiger partial charge in [0.05, 0.1) is 17.3 Å². The Bertz CT molecular complexity index is 1280. The van der Waals surface area contributed by atoms with Crippen molar-refractivity contribution in [3.8, 4) is 17.6 Å². The molecule has 0 fully saturated rings. The second-order valence-electron chi connectivity index (χ2n) is 7.22. The van der Waals surface area contributed by atoms with Crippen LogP contribution in [0.25, 0.3) is 6.08 Å². The normalized spacial score (nSPS) is 10.7. The number of hydrogen-bond donors (Lipinski definition) is 2. The zero-order chi connectivity index (χ0) is 24.5. The highest BCUT2D eigenvalue weighted by atomic mass is 79.9. The molecule has 34 heavy (non-hydrogen) atoms. The van der Waals surface area contributed by atoms with Crippen LogP contribution in [-0.4, -0.2) is 25.5 Å². The molecule has 3 aromatic carbocycles. The van der Waals surface area contributed by atoms with Gasteiger partial charge in [0, 0.05) is 5.69 Å². The van der Waals surface area contributed by atoms with Crippen LogP contribution in [-0.2, 0) is 9.59 Å². The number of carbonyl (C=O) groups is 2. The Morgan fingerprint density at radius 3 is 2.53 bits per heavy atom. The van der Waals surface area contributed by atoms with Crippen molar-refractivity contribution in [3.05, 3.63) is 87.9 Å². The Kier molecular flexibility index (Phi) is 8.43. The fraction of sp³-hybridized carbons (Fsp3) is 0.115. The minimum Gasteiger partial charge on any atom is -0.495 e. The number of nitrogens with zero attached hydrogens (tertiary/aromatic N) is 1. The lowest BCUT2D eigenvalue weighted by Gasteiger charge is -2.11. The molecule has 0 unspecified atom stereocenters. The second kappa shape index (κ2) is 11.7. The van der Waals surface area contributed by atoms with Gasteiger partial charge in [0.1, 0.15) is 23.1 Å². The number of para-hydroxylation sites is 2. The minimum absolute atomic E-state index is 0.0433. The fourth-order valence-electron chi connectivity index (χ4n) is 3.04. The first-order valence-corrected chi connectivity index (χ1v) is 11.0. The van der Waals surface area contributed by atoms with Crippen LogP contribution in [0.1, 0.15) is 11.1 Å². The summed E-state index contributed by atoms with van der Waals surface area (Å²) < 4.78 is 11.4. The van der Waals surface area contributed by atoms with E-state index in [2.05, 4.69) is 26.6 Å². The summed E-state index contributed by atoms with van der Waals surface area (Å²) in [5, 5.41) is 14.9. The van der Waals surface area contributed by atoms with E-state index in [1.54, 1.807) is 42.5 Å². The number of ether oxygens (including phenoxy) is 2. The summed E-state index contributed by atoms with van der Waals surface area (Å²) in [4.78, 5) is 24.8. The van der Waals surface area contributed by atoms with Crippen LogP contribution in [0.3, 0.4) is 0 Å². The van der Waals surface area contributed by atoms with E-state index in [9.17, 15) is 14.9 Å². The molecule has 0 saturated carbocycles. The minimum atomic E-state index is -0.502. The summed E-state index contributed by atoms with van der Waals surface area (Å²) in [7, 11) is 1.53. The molecule has 2 N–H and O–H groups in total. The van der Waals surface area contributed by atoms with Crippen LogP contribution in [0.4, 0.5) is 11.4 Å². The van der Waals surface area contributed by atoms with E-state index in [4.69, 9.17) is 9.47 Å². The number of anilines is 2. The number of nitrogens with one attached hydrogen (secondary N) is 2. The van der Waals surface area contributed by atoms with Crippen molar-refractivity contribution in [2.45, 2.75) is 6.92 Å². The molecule has 0 radical (unpaired) electrons. The van der Waals surface area contributed by atoms with Gasteiger partial charge in [-0.05, 0) is 76.5 Å². The lowest BCUT2D eigenvalue weighted by Crippen LogP contribution is -2.20. The quantitative estimate of drug-likeness (QED) is 0.309. The highest BCUT2D eigenvalue weighted by Gasteiger charge is 2.12. The van der Waals surface area contributed by atoms with E-state index in [1.807, 2.05) is 37.3 Å². The molecule has 172 valence electrons. The van der Waals surface area contributed by atoms with Gasteiger partial charge in [-0.15, -0.1) is 0 Å². The highest BCUT2D eigenvalue weighted by molar-refractivity contribution is 9.10. The maximum atomic E-state index is 12.5. The first-order valence-electron chi connectivity index (χ1n) is 10.2. The van der Waals surface area contributed by atoms with Crippen LogP contribution in [0.2, 0.25) is 0 Å². The Morgan fingerprint density at radius 2 is 1.82 bits per heavy atom. The average Bonchev–Trinajstić information content (AvgIpc) is 2.82. The number of amides is 2. The first-order chi connectivity index (χ1) is 16.4. The lowest BCUT2D eigenvalue weighted by atomic mass is 10.1. The smallest absolute Gasteiger partial charge is 0.266 e. The van der Waals surface area contributed by atoms with Crippen LogP contribution >= 0.6 is 15.9 Å². The maximum absolute atomic E-state index is 12.5. The molecule has 3 rings (SSSR count). The zero-order valence-corrected chi connectivity index (χ0v) is 20.2. The largest absolute Gasteiger partial charge is 0.495 e. The maximum Gasteiger partial charge on any atom is 0.266 e. The molecule has 0 aliphatic carbocycles. The molecular formula is C26H22BrN3O4. The van der Waals surface area contributed by atoms with E-state index in [0.29, 0.717) is 32.9 Å². The molecule has 0 aromatic heterocycles. The zero-order valence-electron chi connectivity index (χ0n) is 18.6. The van der Waals surface area contributed by atoms with Gasteiger partial charge in [-0.3, -0.25) is 9.59 Å². The van der Waals surface area contributed by atoms with Crippen LogP contribution < -0.4 is 20.1 Å². The van der Waals surface area contributed by atoms with Gasteiger partial charge in [-0.25, -0.2) is 0 Å². The van der Waals surface area contributed by atoms with E-state index in [0.717, 1.165) is 5.56 Å². The second-order valence-corrected chi connectivity index (χ2v) is 8.07. The molecule has 0 spiro atoms. The standard InChI is InChI=1S/C26H22BrN3O4/c1-17-6-5-7-20(12-17)29-26(32)19(15-28)13-18-10-11-23(21(27)14-18)34-16-25(31)30-22-8-3-4-9-24(22)33-2/h3-14H,16H2,1-2H3,(H,29,32)(H,30,31)/b19-13+. The van der Waals surface area contributed by atoms with E-state index >= 15 is 0 Å². The summed E-state index contributed by atoms with van der Waals surface area (Å²) in [5.74, 6) is 0.139. The number of methoxy groups -OCH3 is 1. The van der Waals surface area contributed by atoms with Gasteiger partial charge in [0.2, 0.25) is 0 Å². The van der Waals surface area contributed by atoms with E-state index in [-0.39, 0.29) is 18.1 Å². The molecule has 0 atom stereocenters. The number of carbonyl (C=O) groups excluding carboxylic acids is 2. The Morgan fingerprint density at radius 1 is 1.03 bits per heavy atom. The number of rotatable bonds is 8. The number of halogens is 1. The van der Waals surface area contributed by atoms with E-state index < -0.39 is 5.91 Å². The van der Waals surface area contributed by atoms with Gasteiger partial charge in [0.15, 0.2) is 6.61 Å². The summed E-state index contributed by atoms with van der Waals surface area (Å²) >= 11 is 3.41. The number of aryl methyl sites for hydroxylation is 1. The molecule has 0 aliphatic rings. The predicted octanol–water partition coefficient (Wildman–Crippen LogP) is 5.33. The Labute approximate surface area is 206 Å². The van der Waals surface area contributed by atoms with Gasteiger partial charge in [0.25, 0.3) is 11.8 Å². The summed E-state index contributed by atoms with van der Waals surface area (Å²) in [6.45, 7) is 1.70. The van der Waals surface area contributed by atoms with Gasteiger partial charge >= 0.3 is 0 Å². The van der Waals surface area contributed by atoms with Gasteiger partial charge in [-0.2, -0.15) is 5.26 Å². The summed E-state index contributed by atoms with van der Waals surface area (Å²) in [6.07, 6.45) is 1.48. The van der Waals surface area contributed by atoms with Crippen molar-refractivity contribution >= 4 is 45.2 Å². The van der Waals surface area contributed by atoms with E-state index in [1.165, 1.54) is 13.2 Å². The third-order valence-electron chi connectivity index (χ3n) is 4.65. The predicted molar refractivity (Wildman–Crippen MR) is 135 cm³/mol. The van der Waals surface area contributed by atoms with Gasteiger partial charge < -0.3 is 20.1 Å². The molecule has 0 aliphatic heterocycles. The summed E-state index contributed by atoms with van der Waals surface area (Å²) in [6, 6.07) is 21.4. The molecule has 0 heterocycles. The molecular weight excluding hydrogens is 498 g/mol. The van der Waals surface area contributed by atoms with Crippen molar-refractivity contribution in [1.82, 2.24) is 0 Å². The topological polar surface area (TPSA) is 100 Å². The third kappa shape index (κ3) is 6.70. The molecule has 2 amide bonds. The van der Waals surface area contributed by atoms with Gasteiger partial charge in [-0.1, -0.05) is 30.3 Å². The highest BCUT2D eigenvalue weighted by Crippen LogP contribution is 2.28. The molecule has 0 saturated heterocycles. The van der Waals surface area contributed by atoms with Crippen molar-refractivity contribution in [3.63, 3.8) is 0 Å². The van der Waals surface area contributed by atoms with Crippen LogP contribution in [0.15, 0.2) is 76.8 Å².